The summed E-state index contributed by atoms with van der Waals surface area (Å²) >= 11 is 0. The van der Waals surface area contributed by atoms with Gasteiger partial charge in [0.05, 0.1) is 35.6 Å². The third-order valence-electron chi connectivity index (χ3n) is 6.58. The average molecular weight is 464 g/mol. The Hall–Kier alpha value is -3.04. The summed E-state index contributed by atoms with van der Waals surface area (Å²) in [7, 11) is 1.65. The number of aliphatic hydroxyl groups is 1. The number of pyridine rings is 1. The monoisotopic (exact) mass is 463 g/mol. The molecule has 9 heteroatoms. The van der Waals surface area contributed by atoms with Crippen molar-refractivity contribution < 1.29 is 9.84 Å². The number of H-pyrrole nitrogens is 1. The van der Waals surface area contributed by atoms with Crippen LogP contribution in [-0.2, 0) is 0 Å². The minimum Gasteiger partial charge on any atom is -0.493 e. The summed E-state index contributed by atoms with van der Waals surface area (Å²) in [6.07, 6.45) is 7.41. The summed E-state index contributed by atoms with van der Waals surface area (Å²) in [5.74, 6) is 2.17. The van der Waals surface area contributed by atoms with Crippen LogP contribution < -0.4 is 4.74 Å². The highest BCUT2D eigenvalue weighted by Crippen LogP contribution is 2.37. The predicted molar refractivity (Wildman–Crippen MR) is 131 cm³/mol. The zero-order valence-electron chi connectivity index (χ0n) is 20.5. The summed E-state index contributed by atoms with van der Waals surface area (Å²) in [6, 6.07) is 1.99. The molecule has 0 saturated carbocycles. The molecule has 0 amide bonds. The number of fused-ring (bicyclic) bond motifs is 2. The van der Waals surface area contributed by atoms with E-state index in [1.165, 1.54) is 11.9 Å². The fraction of sp³-hybridized carbons (Fsp3) is 0.520. The van der Waals surface area contributed by atoms with Crippen molar-refractivity contribution in [3.05, 3.63) is 36.2 Å². The van der Waals surface area contributed by atoms with Gasteiger partial charge in [-0.05, 0) is 51.8 Å². The number of likely N-dealkylation sites (tertiary alicyclic amines) is 1. The van der Waals surface area contributed by atoms with Gasteiger partial charge in [0.15, 0.2) is 11.4 Å². The normalized spacial score (nSPS) is 16.2. The number of hydrogen-bond donors (Lipinski definition) is 2. The third-order valence-corrected chi connectivity index (χ3v) is 6.58. The molecule has 4 aromatic heterocycles. The number of rotatable bonds is 6. The molecule has 4 aromatic rings. The molecule has 0 radical (unpaired) electrons. The maximum atomic E-state index is 10.1. The van der Waals surface area contributed by atoms with Gasteiger partial charge in [0, 0.05) is 29.8 Å². The van der Waals surface area contributed by atoms with Gasteiger partial charge < -0.3 is 19.7 Å². The lowest BCUT2D eigenvalue weighted by atomic mass is 9.94. The van der Waals surface area contributed by atoms with Crippen molar-refractivity contribution in [3.8, 4) is 17.0 Å². The van der Waals surface area contributed by atoms with Crippen LogP contribution in [0.3, 0.4) is 0 Å². The van der Waals surface area contributed by atoms with Crippen LogP contribution in [0.1, 0.15) is 63.8 Å². The van der Waals surface area contributed by atoms with E-state index in [1.54, 1.807) is 11.6 Å². The molecule has 5 rings (SSSR count). The summed E-state index contributed by atoms with van der Waals surface area (Å²) in [5.41, 5.74) is 5.07. The van der Waals surface area contributed by atoms with Crippen LogP contribution >= 0.6 is 0 Å². The number of hydrogen-bond acceptors (Lipinski definition) is 7. The lowest BCUT2D eigenvalue weighted by Gasteiger charge is -2.34. The first-order valence-electron chi connectivity index (χ1n) is 11.9. The lowest BCUT2D eigenvalue weighted by Crippen LogP contribution is -2.42. The SMILES string of the molecule is COc1cc(-c2[nH]c3cnc(C4CCN(CC(C)(C)O)CC4)nc3c2C(C)C)cn2ncnc12. The second-order valence-corrected chi connectivity index (χ2v) is 10.2. The maximum absolute atomic E-state index is 10.1. The maximum Gasteiger partial charge on any atom is 0.197 e. The van der Waals surface area contributed by atoms with E-state index in [-0.39, 0.29) is 5.92 Å². The first kappa shape index (κ1) is 22.7. The summed E-state index contributed by atoms with van der Waals surface area (Å²) < 4.78 is 7.31. The topological polar surface area (TPSA) is 104 Å². The highest BCUT2D eigenvalue weighted by atomic mass is 16.5. The zero-order valence-corrected chi connectivity index (χ0v) is 20.5. The van der Waals surface area contributed by atoms with E-state index < -0.39 is 5.60 Å². The van der Waals surface area contributed by atoms with Gasteiger partial charge in [-0.3, -0.25) is 0 Å². The molecule has 9 nitrogen and oxygen atoms in total. The Morgan fingerprint density at radius 3 is 2.68 bits per heavy atom. The molecule has 0 aromatic carbocycles. The van der Waals surface area contributed by atoms with Crippen LogP contribution in [0.5, 0.6) is 5.75 Å². The Morgan fingerprint density at radius 2 is 2.00 bits per heavy atom. The van der Waals surface area contributed by atoms with Crippen molar-refractivity contribution in [2.45, 2.75) is 58.0 Å². The quantitative estimate of drug-likeness (QED) is 0.449. The molecule has 5 heterocycles. The molecule has 34 heavy (non-hydrogen) atoms. The van der Waals surface area contributed by atoms with E-state index in [0.29, 0.717) is 23.9 Å². The number of nitrogens with zero attached hydrogens (tertiary/aromatic N) is 6. The molecule has 2 N–H and O–H groups in total. The summed E-state index contributed by atoms with van der Waals surface area (Å²) in [5, 5.41) is 14.5. The highest BCUT2D eigenvalue weighted by molar-refractivity contribution is 5.88. The van der Waals surface area contributed by atoms with Gasteiger partial charge in [0.1, 0.15) is 12.2 Å². The largest absolute Gasteiger partial charge is 0.493 e. The van der Waals surface area contributed by atoms with E-state index in [2.05, 4.69) is 33.8 Å². The van der Waals surface area contributed by atoms with Gasteiger partial charge in [-0.25, -0.2) is 19.5 Å². The first-order valence-corrected chi connectivity index (χ1v) is 11.9. The van der Waals surface area contributed by atoms with Crippen molar-refractivity contribution in [2.24, 2.45) is 0 Å². The van der Waals surface area contributed by atoms with E-state index >= 15 is 0 Å². The minimum atomic E-state index is -0.673. The van der Waals surface area contributed by atoms with E-state index in [9.17, 15) is 5.11 Å². The average Bonchev–Trinajstić information content (AvgIpc) is 3.42. The van der Waals surface area contributed by atoms with Crippen molar-refractivity contribution in [3.63, 3.8) is 0 Å². The summed E-state index contributed by atoms with van der Waals surface area (Å²) in [4.78, 5) is 20.0. The first-order chi connectivity index (χ1) is 16.2. The Labute approximate surface area is 199 Å². The predicted octanol–water partition coefficient (Wildman–Crippen LogP) is 3.75. The van der Waals surface area contributed by atoms with Crippen molar-refractivity contribution in [2.75, 3.05) is 26.7 Å². The number of ether oxygens (including phenoxy) is 1. The van der Waals surface area contributed by atoms with E-state index in [1.807, 2.05) is 32.3 Å². The second kappa shape index (κ2) is 8.63. The fourth-order valence-corrected chi connectivity index (χ4v) is 5.08. The minimum absolute atomic E-state index is 0.262. The van der Waals surface area contributed by atoms with Crippen LogP contribution in [0.25, 0.3) is 27.9 Å². The Morgan fingerprint density at radius 1 is 1.24 bits per heavy atom. The van der Waals surface area contributed by atoms with Crippen molar-refractivity contribution in [1.29, 1.82) is 0 Å². The number of aromatic nitrogens is 6. The molecule has 0 bridgehead atoms. The Kier molecular flexibility index (Phi) is 5.77. The van der Waals surface area contributed by atoms with Gasteiger partial charge in [0.2, 0.25) is 0 Å². The van der Waals surface area contributed by atoms with Gasteiger partial charge in [0.25, 0.3) is 0 Å². The standard InChI is InChI=1S/C25H33N7O2/c1-15(2)20-21(17-10-19(34-5)24-27-14-28-32(24)12-17)29-18-11-26-23(30-22(18)20)16-6-8-31(9-7-16)13-25(3,4)33/h10-12,14-16,29,33H,6-9,13H2,1-5H3. The van der Waals surface area contributed by atoms with Crippen molar-refractivity contribution in [1.82, 2.24) is 34.4 Å². The highest BCUT2D eigenvalue weighted by Gasteiger charge is 2.27. The summed E-state index contributed by atoms with van der Waals surface area (Å²) in [6.45, 7) is 10.7. The van der Waals surface area contributed by atoms with Gasteiger partial charge in [-0.1, -0.05) is 13.8 Å². The molecule has 0 aliphatic carbocycles. The second-order valence-electron chi connectivity index (χ2n) is 10.2. The number of methoxy groups -OCH3 is 1. The smallest absolute Gasteiger partial charge is 0.197 e. The van der Waals surface area contributed by atoms with Gasteiger partial charge in [-0.2, -0.15) is 5.10 Å². The van der Waals surface area contributed by atoms with E-state index in [0.717, 1.165) is 54.0 Å². The number of β-amino-alcohol motifs (C(OH)–C–C–N with tert-alkyl or cyclic N) is 1. The molecule has 0 spiro atoms. The molecule has 1 fully saturated rings. The Bertz CT molecular complexity index is 1310. The number of aromatic amines is 1. The van der Waals surface area contributed by atoms with E-state index in [4.69, 9.17) is 14.7 Å². The zero-order chi connectivity index (χ0) is 24.0. The molecule has 1 aliphatic heterocycles. The Balaban J connectivity index is 1.50. The van der Waals surface area contributed by atoms with Crippen LogP contribution in [0.15, 0.2) is 24.8 Å². The lowest BCUT2D eigenvalue weighted by molar-refractivity contribution is 0.0279. The van der Waals surface area contributed by atoms with Crippen LogP contribution in [-0.4, -0.2) is 71.9 Å². The third kappa shape index (κ3) is 4.25. The molecular weight excluding hydrogens is 430 g/mol. The van der Waals surface area contributed by atoms with Crippen molar-refractivity contribution >= 4 is 16.7 Å². The number of piperidine rings is 1. The molecule has 0 atom stereocenters. The molecule has 0 unspecified atom stereocenters. The molecule has 1 saturated heterocycles. The molecule has 1 aliphatic rings. The fourth-order valence-electron chi connectivity index (χ4n) is 5.08. The van der Waals surface area contributed by atoms with Crippen LogP contribution in [0.4, 0.5) is 0 Å². The van der Waals surface area contributed by atoms with Gasteiger partial charge >= 0.3 is 0 Å². The van der Waals surface area contributed by atoms with Crippen LogP contribution in [0.2, 0.25) is 0 Å². The van der Waals surface area contributed by atoms with Gasteiger partial charge in [-0.15, -0.1) is 0 Å². The molecular formula is C25H33N7O2. The molecule has 180 valence electrons. The number of nitrogens with one attached hydrogen (secondary N) is 1. The van der Waals surface area contributed by atoms with Crippen LogP contribution in [0, 0.1) is 0 Å².